The molecule has 0 radical (unpaired) electrons. The SMILES string of the molecule is CC(C)(C)CNCC1(C)CC(N)CC(C)(C)C1.CCC(C)C. The standard InChI is InChI=1S/C15H32N2.C5H12/c1-13(2,3)10-17-11-15(6)8-12(16)7-14(4,5)9-15;1-4-5(2)3/h12,17H,7-11,16H2,1-6H3;5H,4H2,1-3H3. The minimum atomic E-state index is 0.364. The zero-order valence-electron chi connectivity index (χ0n) is 17.0. The Hall–Kier alpha value is -0.0800. The number of nitrogens with two attached hydrogens (primary N) is 1. The molecule has 0 aliphatic heterocycles. The number of nitrogens with one attached hydrogen (secondary N) is 1. The van der Waals surface area contributed by atoms with Crippen molar-refractivity contribution in [1.29, 1.82) is 0 Å². The first-order chi connectivity index (χ1) is 9.79. The van der Waals surface area contributed by atoms with Crippen LogP contribution < -0.4 is 11.1 Å². The molecule has 1 rings (SSSR count). The number of rotatable bonds is 4. The second-order valence-electron chi connectivity index (χ2n) is 10.3. The maximum absolute atomic E-state index is 6.22. The van der Waals surface area contributed by atoms with Crippen molar-refractivity contribution >= 4 is 0 Å². The minimum absolute atomic E-state index is 0.364. The Morgan fingerprint density at radius 2 is 1.64 bits per heavy atom. The molecule has 2 nitrogen and oxygen atoms in total. The maximum Gasteiger partial charge on any atom is 0.00495 e. The summed E-state index contributed by atoms with van der Waals surface area (Å²) in [5, 5.41) is 3.64. The normalized spacial score (nSPS) is 28.2. The van der Waals surface area contributed by atoms with Gasteiger partial charge in [0.1, 0.15) is 0 Å². The van der Waals surface area contributed by atoms with Crippen LogP contribution in [0.5, 0.6) is 0 Å². The van der Waals surface area contributed by atoms with Crippen molar-refractivity contribution in [2.75, 3.05) is 13.1 Å². The molecule has 3 N–H and O–H groups in total. The third kappa shape index (κ3) is 10.6. The Labute approximate surface area is 141 Å². The van der Waals surface area contributed by atoms with E-state index in [-0.39, 0.29) is 0 Å². The lowest BCUT2D eigenvalue weighted by Crippen LogP contribution is -2.47. The van der Waals surface area contributed by atoms with E-state index < -0.39 is 0 Å². The lowest BCUT2D eigenvalue weighted by Gasteiger charge is -2.46. The highest BCUT2D eigenvalue weighted by atomic mass is 14.9. The maximum atomic E-state index is 6.22. The van der Waals surface area contributed by atoms with Crippen molar-refractivity contribution in [3.63, 3.8) is 0 Å². The van der Waals surface area contributed by atoms with Gasteiger partial charge in [0.25, 0.3) is 0 Å². The minimum Gasteiger partial charge on any atom is -0.328 e. The van der Waals surface area contributed by atoms with Crippen molar-refractivity contribution in [3.05, 3.63) is 0 Å². The molecule has 0 bridgehead atoms. The van der Waals surface area contributed by atoms with Gasteiger partial charge in [0.05, 0.1) is 0 Å². The molecule has 0 aromatic heterocycles. The first-order valence-electron chi connectivity index (χ1n) is 9.25. The predicted octanol–water partition coefficient (Wildman–Crippen LogP) is 5.22. The van der Waals surface area contributed by atoms with Crippen LogP contribution >= 0.6 is 0 Å². The number of hydrogen-bond acceptors (Lipinski definition) is 2. The van der Waals surface area contributed by atoms with E-state index in [4.69, 9.17) is 5.73 Å². The van der Waals surface area contributed by atoms with Crippen molar-refractivity contribution < 1.29 is 0 Å². The van der Waals surface area contributed by atoms with Crippen LogP contribution in [0.25, 0.3) is 0 Å². The van der Waals surface area contributed by atoms with Crippen LogP contribution in [-0.4, -0.2) is 19.1 Å². The fourth-order valence-corrected chi connectivity index (χ4v) is 3.59. The molecule has 2 heteroatoms. The first-order valence-corrected chi connectivity index (χ1v) is 9.25. The summed E-state index contributed by atoms with van der Waals surface area (Å²) < 4.78 is 0. The summed E-state index contributed by atoms with van der Waals surface area (Å²) in [5.74, 6) is 0.884. The van der Waals surface area contributed by atoms with E-state index in [1.807, 2.05) is 0 Å². The van der Waals surface area contributed by atoms with Gasteiger partial charge in [-0.3, -0.25) is 0 Å². The summed E-state index contributed by atoms with van der Waals surface area (Å²) in [6.07, 6.45) is 4.92. The van der Waals surface area contributed by atoms with E-state index in [1.165, 1.54) is 19.3 Å². The molecule has 0 spiro atoms. The van der Waals surface area contributed by atoms with Crippen LogP contribution in [0, 0.1) is 22.2 Å². The van der Waals surface area contributed by atoms with E-state index in [1.54, 1.807) is 0 Å². The summed E-state index contributed by atoms with van der Waals surface area (Å²) in [4.78, 5) is 0. The Morgan fingerprint density at radius 1 is 1.14 bits per heavy atom. The van der Waals surface area contributed by atoms with E-state index >= 15 is 0 Å². The van der Waals surface area contributed by atoms with Gasteiger partial charge in [0, 0.05) is 19.1 Å². The van der Waals surface area contributed by atoms with Crippen LogP contribution in [0.3, 0.4) is 0 Å². The van der Waals surface area contributed by atoms with Gasteiger partial charge in [-0.2, -0.15) is 0 Å². The molecule has 1 saturated carbocycles. The Morgan fingerprint density at radius 3 is 2.00 bits per heavy atom. The summed E-state index contributed by atoms with van der Waals surface area (Å²) >= 11 is 0. The third-order valence-corrected chi connectivity index (χ3v) is 4.50. The fourth-order valence-electron chi connectivity index (χ4n) is 3.59. The van der Waals surface area contributed by atoms with Crippen molar-refractivity contribution in [2.24, 2.45) is 27.9 Å². The molecular formula is C20H44N2. The van der Waals surface area contributed by atoms with E-state index in [2.05, 4.69) is 67.6 Å². The van der Waals surface area contributed by atoms with Gasteiger partial charge in [-0.15, -0.1) is 0 Å². The summed E-state index contributed by atoms with van der Waals surface area (Å²) in [6.45, 7) is 22.8. The second kappa shape index (κ2) is 8.68. The number of hydrogen-bond donors (Lipinski definition) is 2. The van der Waals surface area contributed by atoms with Gasteiger partial charge in [-0.05, 0) is 41.4 Å². The Bertz CT molecular complexity index is 301. The topological polar surface area (TPSA) is 38.0 Å². The van der Waals surface area contributed by atoms with Gasteiger partial charge in [-0.1, -0.05) is 68.7 Å². The summed E-state index contributed by atoms with van der Waals surface area (Å²) in [7, 11) is 0. The average Bonchev–Trinajstić information content (AvgIpc) is 2.23. The predicted molar refractivity (Wildman–Crippen MR) is 101 cm³/mol. The van der Waals surface area contributed by atoms with Gasteiger partial charge in [0.15, 0.2) is 0 Å². The van der Waals surface area contributed by atoms with Crippen molar-refractivity contribution in [2.45, 2.75) is 94.0 Å². The first kappa shape index (κ1) is 21.9. The zero-order chi connectivity index (χ0) is 17.6. The zero-order valence-corrected chi connectivity index (χ0v) is 17.0. The molecule has 1 fully saturated rings. The highest BCUT2D eigenvalue weighted by Crippen LogP contribution is 2.45. The lowest BCUT2D eigenvalue weighted by molar-refractivity contribution is 0.0808. The largest absolute Gasteiger partial charge is 0.328 e. The van der Waals surface area contributed by atoms with Crippen LogP contribution in [0.2, 0.25) is 0 Å². The Kier molecular flexibility index (Phi) is 8.65. The molecule has 2 atom stereocenters. The van der Waals surface area contributed by atoms with Crippen LogP contribution in [0.4, 0.5) is 0 Å². The van der Waals surface area contributed by atoms with Crippen LogP contribution in [0.15, 0.2) is 0 Å². The molecule has 1 aliphatic rings. The van der Waals surface area contributed by atoms with E-state index in [0.29, 0.717) is 22.3 Å². The smallest absolute Gasteiger partial charge is 0.00495 e. The molecule has 2 unspecified atom stereocenters. The quantitative estimate of drug-likeness (QED) is 0.747. The van der Waals surface area contributed by atoms with Crippen LogP contribution in [0.1, 0.15) is 88.0 Å². The molecular weight excluding hydrogens is 268 g/mol. The summed E-state index contributed by atoms with van der Waals surface area (Å²) in [5.41, 5.74) is 7.35. The van der Waals surface area contributed by atoms with Gasteiger partial charge < -0.3 is 11.1 Å². The molecule has 0 aromatic carbocycles. The van der Waals surface area contributed by atoms with Gasteiger partial charge >= 0.3 is 0 Å². The molecule has 22 heavy (non-hydrogen) atoms. The molecule has 1 aliphatic carbocycles. The van der Waals surface area contributed by atoms with Gasteiger partial charge in [-0.25, -0.2) is 0 Å². The lowest BCUT2D eigenvalue weighted by atomic mass is 9.63. The molecule has 0 aromatic rings. The second-order valence-corrected chi connectivity index (χ2v) is 10.3. The Balaban J connectivity index is 0.000000763. The molecule has 134 valence electrons. The van der Waals surface area contributed by atoms with E-state index in [9.17, 15) is 0 Å². The van der Waals surface area contributed by atoms with E-state index in [0.717, 1.165) is 25.4 Å². The highest BCUT2D eigenvalue weighted by molar-refractivity contribution is 4.94. The highest BCUT2D eigenvalue weighted by Gasteiger charge is 2.39. The van der Waals surface area contributed by atoms with Crippen molar-refractivity contribution in [3.8, 4) is 0 Å². The molecule has 0 heterocycles. The fraction of sp³-hybridized carbons (Fsp3) is 1.00. The van der Waals surface area contributed by atoms with Gasteiger partial charge in [0.2, 0.25) is 0 Å². The van der Waals surface area contributed by atoms with Crippen molar-refractivity contribution in [1.82, 2.24) is 5.32 Å². The molecule has 0 saturated heterocycles. The van der Waals surface area contributed by atoms with Crippen LogP contribution in [-0.2, 0) is 0 Å². The molecule has 0 amide bonds. The third-order valence-electron chi connectivity index (χ3n) is 4.50. The average molecular weight is 313 g/mol. The monoisotopic (exact) mass is 312 g/mol. The summed E-state index contributed by atoms with van der Waals surface area (Å²) in [6, 6.07) is 0.375.